The van der Waals surface area contributed by atoms with Crippen LogP contribution in [0.5, 0.6) is 0 Å². The van der Waals surface area contributed by atoms with E-state index in [1.807, 2.05) is 6.42 Å². The van der Waals surface area contributed by atoms with Crippen molar-refractivity contribution < 1.29 is 4.92 Å². The Labute approximate surface area is 76.9 Å². The Morgan fingerprint density at radius 1 is 1.38 bits per heavy atom. The van der Waals surface area contributed by atoms with Gasteiger partial charge in [0.25, 0.3) is 5.69 Å². The second kappa shape index (κ2) is 4.40. The third-order valence-corrected chi connectivity index (χ3v) is 1.62. The fourth-order valence-electron chi connectivity index (χ4n) is 0.952. The summed E-state index contributed by atoms with van der Waals surface area (Å²) < 4.78 is 0. The maximum atomic E-state index is 10.3. The van der Waals surface area contributed by atoms with Crippen molar-refractivity contribution >= 4 is 5.69 Å². The maximum absolute atomic E-state index is 10.3. The number of benzene rings is 1. The van der Waals surface area contributed by atoms with Crippen LogP contribution in [0.25, 0.3) is 0 Å². The van der Waals surface area contributed by atoms with Gasteiger partial charge in [0.15, 0.2) is 0 Å². The summed E-state index contributed by atoms with van der Waals surface area (Å²) in [6.45, 7) is 3.58. The molecule has 0 spiro atoms. The zero-order chi connectivity index (χ0) is 9.68. The quantitative estimate of drug-likeness (QED) is 0.402. The molecule has 0 N–H and O–H groups in total. The largest absolute Gasteiger partial charge is 0.269 e. The van der Waals surface area contributed by atoms with Crippen LogP contribution in [-0.4, -0.2) is 4.92 Å². The smallest absolute Gasteiger partial charge is 0.258 e. The molecule has 0 unspecified atom stereocenters. The molecule has 1 aromatic rings. The summed E-state index contributed by atoms with van der Waals surface area (Å²) in [6.07, 6.45) is 4.51. The van der Waals surface area contributed by atoms with E-state index in [1.165, 1.54) is 12.1 Å². The van der Waals surface area contributed by atoms with Gasteiger partial charge in [-0.15, -0.1) is 6.58 Å². The molecule has 67 valence electrons. The molecule has 0 bridgehead atoms. The molecule has 1 radical (unpaired) electrons. The van der Waals surface area contributed by atoms with E-state index in [0.29, 0.717) is 0 Å². The van der Waals surface area contributed by atoms with Crippen LogP contribution in [0.1, 0.15) is 12.0 Å². The second-order valence-corrected chi connectivity index (χ2v) is 2.58. The van der Waals surface area contributed by atoms with Crippen LogP contribution < -0.4 is 0 Å². The number of nitrogens with zero attached hydrogens (tertiary/aromatic N) is 1. The van der Waals surface area contributed by atoms with Gasteiger partial charge in [-0.1, -0.05) is 18.2 Å². The highest BCUT2D eigenvalue weighted by atomic mass is 16.6. The standard InChI is InChI=1S/C10H10NO2/c1-2-3-4-9-5-7-10(8-6-9)11(12)13/h2,4-8H,1,3H2. The zero-order valence-corrected chi connectivity index (χ0v) is 7.14. The van der Waals surface area contributed by atoms with Crippen LogP contribution >= 0.6 is 0 Å². The van der Waals surface area contributed by atoms with E-state index in [4.69, 9.17) is 0 Å². The van der Waals surface area contributed by atoms with Crippen LogP contribution in [0.3, 0.4) is 0 Å². The van der Waals surface area contributed by atoms with Gasteiger partial charge in [-0.2, -0.15) is 0 Å². The second-order valence-electron chi connectivity index (χ2n) is 2.58. The predicted molar refractivity (Wildman–Crippen MR) is 51.3 cm³/mol. The molecule has 0 aliphatic heterocycles. The Hall–Kier alpha value is -1.64. The third kappa shape index (κ3) is 2.71. The van der Waals surface area contributed by atoms with Gasteiger partial charge >= 0.3 is 0 Å². The molecule has 0 aliphatic rings. The van der Waals surface area contributed by atoms with Gasteiger partial charge in [0.1, 0.15) is 0 Å². The first-order valence-corrected chi connectivity index (χ1v) is 3.92. The van der Waals surface area contributed by atoms with E-state index < -0.39 is 4.92 Å². The molecule has 0 aromatic heterocycles. The summed E-state index contributed by atoms with van der Waals surface area (Å²) in [7, 11) is 0. The molecule has 0 atom stereocenters. The van der Waals surface area contributed by atoms with Gasteiger partial charge < -0.3 is 0 Å². The lowest BCUT2D eigenvalue weighted by atomic mass is 10.1. The molecular formula is C10H10NO2. The number of hydrogen-bond donors (Lipinski definition) is 0. The van der Waals surface area contributed by atoms with Crippen LogP contribution in [0.2, 0.25) is 0 Å². The summed E-state index contributed by atoms with van der Waals surface area (Å²) in [5.41, 5.74) is 1.10. The molecule has 0 saturated heterocycles. The summed E-state index contributed by atoms with van der Waals surface area (Å²) in [5.74, 6) is 0. The van der Waals surface area contributed by atoms with E-state index in [1.54, 1.807) is 18.2 Å². The highest BCUT2D eigenvalue weighted by Gasteiger charge is 2.02. The highest BCUT2D eigenvalue weighted by molar-refractivity contribution is 5.35. The monoisotopic (exact) mass is 176 g/mol. The summed E-state index contributed by atoms with van der Waals surface area (Å²) >= 11 is 0. The summed E-state index contributed by atoms with van der Waals surface area (Å²) in [5, 5.41) is 10.3. The van der Waals surface area contributed by atoms with Gasteiger partial charge in [0.05, 0.1) is 4.92 Å². The van der Waals surface area contributed by atoms with E-state index in [-0.39, 0.29) is 5.69 Å². The minimum atomic E-state index is -0.405. The molecule has 0 heterocycles. The zero-order valence-electron chi connectivity index (χ0n) is 7.14. The Kier molecular flexibility index (Phi) is 3.20. The van der Waals surface area contributed by atoms with Crippen molar-refractivity contribution in [3.05, 3.63) is 59.0 Å². The Morgan fingerprint density at radius 3 is 2.46 bits per heavy atom. The van der Waals surface area contributed by atoms with Gasteiger partial charge in [-0.3, -0.25) is 10.1 Å². The van der Waals surface area contributed by atoms with Crippen LogP contribution in [0.4, 0.5) is 5.69 Å². The summed E-state index contributed by atoms with van der Waals surface area (Å²) in [6, 6.07) is 6.44. The van der Waals surface area contributed by atoms with Gasteiger partial charge in [0, 0.05) is 12.1 Å². The summed E-state index contributed by atoms with van der Waals surface area (Å²) in [4.78, 5) is 9.90. The fraction of sp³-hybridized carbons (Fsp3) is 0.100. The minimum absolute atomic E-state index is 0.121. The lowest BCUT2D eigenvalue weighted by Gasteiger charge is -1.96. The van der Waals surface area contributed by atoms with Crippen molar-refractivity contribution in [2.24, 2.45) is 0 Å². The van der Waals surface area contributed by atoms with Crippen LogP contribution in [0, 0.1) is 16.5 Å². The van der Waals surface area contributed by atoms with Crippen molar-refractivity contribution in [3.8, 4) is 0 Å². The van der Waals surface area contributed by atoms with Crippen LogP contribution in [-0.2, 0) is 0 Å². The molecule has 1 rings (SSSR count). The van der Waals surface area contributed by atoms with Crippen molar-refractivity contribution in [1.29, 1.82) is 0 Å². The van der Waals surface area contributed by atoms with Gasteiger partial charge in [0.2, 0.25) is 0 Å². The molecule has 0 saturated carbocycles. The van der Waals surface area contributed by atoms with E-state index in [2.05, 4.69) is 6.58 Å². The van der Waals surface area contributed by atoms with E-state index in [0.717, 1.165) is 12.0 Å². The van der Waals surface area contributed by atoms with Gasteiger partial charge in [-0.25, -0.2) is 0 Å². The van der Waals surface area contributed by atoms with Crippen LogP contribution in [0.15, 0.2) is 36.9 Å². The lowest BCUT2D eigenvalue weighted by Crippen LogP contribution is -1.87. The molecule has 1 aromatic carbocycles. The normalized spacial score (nSPS) is 9.54. The minimum Gasteiger partial charge on any atom is -0.258 e. The first-order valence-electron chi connectivity index (χ1n) is 3.92. The number of nitro groups is 1. The van der Waals surface area contributed by atoms with Gasteiger partial charge in [-0.05, 0) is 18.4 Å². The third-order valence-electron chi connectivity index (χ3n) is 1.62. The Balaban J connectivity index is 2.69. The van der Waals surface area contributed by atoms with Crippen molar-refractivity contribution in [2.45, 2.75) is 6.42 Å². The Morgan fingerprint density at radius 2 is 2.00 bits per heavy atom. The number of hydrogen-bond acceptors (Lipinski definition) is 2. The lowest BCUT2D eigenvalue weighted by molar-refractivity contribution is -0.384. The highest BCUT2D eigenvalue weighted by Crippen LogP contribution is 2.13. The molecule has 3 nitrogen and oxygen atoms in total. The average molecular weight is 176 g/mol. The maximum Gasteiger partial charge on any atom is 0.269 e. The number of allylic oxidation sites excluding steroid dienone is 1. The molecule has 0 aliphatic carbocycles. The molecule has 0 amide bonds. The fourth-order valence-corrected chi connectivity index (χ4v) is 0.952. The Bertz CT molecular complexity index is 303. The first kappa shape index (κ1) is 9.45. The average Bonchev–Trinajstić information content (AvgIpc) is 2.15. The molecule has 0 fully saturated rings. The topological polar surface area (TPSA) is 43.1 Å². The molecule has 13 heavy (non-hydrogen) atoms. The number of non-ortho nitro benzene ring substituents is 1. The number of nitro benzene ring substituents is 1. The molecule has 3 heteroatoms. The first-order chi connectivity index (χ1) is 6.24. The van der Waals surface area contributed by atoms with E-state index in [9.17, 15) is 10.1 Å². The van der Waals surface area contributed by atoms with E-state index >= 15 is 0 Å². The van der Waals surface area contributed by atoms with Crippen molar-refractivity contribution in [2.75, 3.05) is 0 Å². The predicted octanol–water partition coefficient (Wildman–Crippen LogP) is 2.72. The molecular weight excluding hydrogens is 166 g/mol. The SMILES string of the molecule is C=CC[CH]c1ccc([N+](=O)[O-])cc1. The van der Waals surface area contributed by atoms with Crippen molar-refractivity contribution in [1.82, 2.24) is 0 Å². The van der Waals surface area contributed by atoms with Crippen molar-refractivity contribution in [3.63, 3.8) is 0 Å². The number of rotatable bonds is 4.